The molecule has 0 unspecified atom stereocenters. The van der Waals surface area contributed by atoms with Crippen molar-refractivity contribution in [3.05, 3.63) is 59.4 Å². The number of fused-ring (bicyclic) bond motifs is 2. The van der Waals surface area contributed by atoms with Gasteiger partial charge in [0.15, 0.2) is 6.10 Å². The predicted octanol–water partition coefficient (Wildman–Crippen LogP) is 5.22. The molecule has 1 spiro atoms. The SMILES string of the molecule is CC(C)c1nc2ccc(C(=O)N3CCC4(CCCCc5ccccc5O[C@H](C)C(=O)NC4)CC3)cc2[nH]1. The Morgan fingerprint density at radius 3 is 2.68 bits per heavy atom. The minimum Gasteiger partial charge on any atom is -0.481 e. The van der Waals surface area contributed by atoms with E-state index < -0.39 is 6.10 Å². The second-order valence-electron chi connectivity index (χ2n) is 11.1. The van der Waals surface area contributed by atoms with Gasteiger partial charge in [0, 0.05) is 31.1 Å². The van der Waals surface area contributed by atoms with Crippen LogP contribution in [0.4, 0.5) is 0 Å². The molecule has 196 valence electrons. The highest BCUT2D eigenvalue weighted by Gasteiger charge is 2.36. The number of nitrogens with zero attached hydrogens (tertiary/aromatic N) is 2. The molecule has 3 aromatic rings. The molecule has 1 saturated heterocycles. The largest absolute Gasteiger partial charge is 0.481 e. The molecular weight excluding hydrogens is 464 g/mol. The fourth-order valence-electron chi connectivity index (χ4n) is 5.62. The van der Waals surface area contributed by atoms with E-state index in [1.165, 1.54) is 0 Å². The number of nitrogens with one attached hydrogen (secondary N) is 2. The average Bonchev–Trinajstić information content (AvgIpc) is 3.34. The summed E-state index contributed by atoms with van der Waals surface area (Å²) in [6.45, 7) is 8.03. The van der Waals surface area contributed by atoms with Crippen molar-refractivity contribution < 1.29 is 14.3 Å². The molecule has 2 amide bonds. The summed E-state index contributed by atoms with van der Waals surface area (Å²) in [7, 11) is 0. The van der Waals surface area contributed by atoms with Crippen molar-refractivity contribution in [2.45, 2.75) is 71.3 Å². The number of para-hydroxylation sites is 1. The van der Waals surface area contributed by atoms with E-state index in [1.807, 2.05) is 48.2 Å². The Hall–Kier alpha value is -3.35. The molecule has 5 rings (SSSR count). The molecule has 37 heavy (non-hydrogen) atoms. The minimum atomic E-state index is -0.548. The molecule has 0 saturated carbocycles. The molecule has 2 N–H and O–H groups in total. The lowest BCUT2D eigenvalue weighted by molar-refractivity contribution is -0.128. The number of H-pyrrole nitrogens is 1. The zero-order chi connectivity index (χ0) is 26.0. The lowest BCUT2D eigenvalue weighted by atomic mass is 9.74. The molecule has 1 aromatic heterocycles. The van der Waals surface area contributed by atoms with Gasteiger partial charge in [-0.25, -0.2) is 4.98 Å². The number of benzene rings is 2. The number of aromatic amines is 1. The Morgan fingerprint density at radius 1 is 1.11 bits per heavy atom. The first-order valence-corrected chi connectivity index (χ1v) is 13.6. The van der Waals surface area contributed by atoms with Crippen molar-refractivity contribution in [3.63, 3.8) is 0 Å². The van der Waals surface area contributed by atoms with Crippen LogP contribution in [0.2, 0.25) is 0 Å². The standard InChI is InChI=1S/C30H38N4O3/c1-20(2)27-32-24-12-11-23(18-25(24)33-27)29(36)34-16-14-30(15-17-34)13-7-6-9-22-8-4-5-10-26(22)37-21(3)28(35)31-19-30/h4-5,8,10-12,18,20-21H,6-7,9,13-17,19H2,1-3H3,(H,31,35)(H,32,33)/t21-/m1/s1. The van der Waals surface area contributed by atoms with Crippen LogP contribution >= 0.6 is 0 Å². The third-order valence-electron chi connectivity index (χ3n) is 8.09. The lowest BCUT2D eigenvalue weighted by Gasteiger charge is -2.42. The number of ether oxygens (including phenoxy) is 1. The van der Waals surface area contributed by atoms with E-state index in [2.05, 4.69) is 35.2 Å². The topological polar surface area (TPSA) is 87.3 Å². The molecule has 2 aliphatic heterocycles. The first-order valence-electron chi connectivity index (χ1n) is 13.6. The first kappa shape index (κ1) is 25.3. The van der Waals surface area contributed by atoms with Crippen LogP contribution in [0, 0.1) is 5.41 Å². The number of hydrogen-bond acceptors (Lipinski definition) is 4. The number of likely N-dealkylation sites (tertiary alicyclic amines) is 1. The summed E-state index contributed by atoms with van der Waals surface area (Å²) in [5, 5.41) is 3.17. The molecule has 2 aliphatic rings. The molecule has 1 atom stereocenters. The maximum absolute atomic E-state index is 13.4. The monoisotopic (exact) mass is 502 g/mol. The van der Waals surface area contributed by atoms with Crippen LogP contribution in [0.15, 0.2) is 42.5 Å². The Kier molecular flexibility index (Phi) is 7.22. The first-order chi connectivity index (χ1) is 17.8. The molecule has 1 fully saturated rings. The normalized spacial score (nSPS) is 20.6. The average molecular weight is 503 g/mol. The van der Waals surface area contributed by atoms with Gasteiger partial charge in [0.2, 0.25) is 0 Å². The zero-order valence-electron chi connectivity index (χ0n) is 22.2. The summed E-state index contributed by atoms with van der Waals surface area (Å²) in [5.41, 5.74) is 3.65. The summed E-state index contributed by atoms with van der Waals surface area (Å²) < 4.78 is 6.03. The van der Waals surface area contributed by atoms with Crippen LogP contribution < -0.4 is 10.1 Å². The predicted molar refractivity (Wildman–Crippen MR) is 145 cm³/mol. The number of hydrogen-bond donors (Lipinski definition) is 2. The lowest BCUT2D eigenvalue weighted by Crippen LogP contribution is -2.49. The maximum Gasteiger partial charge on any atom is 0.260 e. The molecule has 0 aliphatic carbocycles. The van der Waals surface area contributed by atoms with E-state index in [0.717, 1.165) is 66.7 Å². The number of carbonyl (C=O) groups is 2. The van der Waals surface area contributed by atoms with Gasteiger partial charge < -0.3 is 19.9 Å². The van der Waals surface area contributed by atoms with Crippen molar-refractivity contribution >= 4 is 22.8 Å². The summed E-state index contributed by atoms with van der Waals surface area (Å²) >= 11 is 0. The minimum absolute atomic E-state index is 0.00434. The summed E-state index contributed by atoms with van der Waals surface area (Å²) in [4.78, 5) is 36.2. The van der Waals surface area contributed by atoms with Gasteiger partial charge in [-0.3, -0.25) is 9.59 Å². The van der Waals surface area contributed by atoms with Crippen molar-refractivity contribution in [1.82, 2.24) is 20.2 Å². The third kappa shape index (κ3) is 5.50. The highest BCUT2D eigenvalue weighted by atomic mass is 16.5. The number of piperidine rings is 1. The summed E-state index contributed by atoms with van der Waals surface area (Å²) in [6, 6.07) is 13.8. The molecule has 3 heterocycles. The van der Waals surface area contributed by atoms with Gasteiger partial charge in [-0.1, -0.05) is 38.5 Å². The van der Waals surface area contributed by atoms with E-state index in [0.29, 0.717) is 31.1 Å². The number of imidazole rings is 1. The van der Waals surface area contributed by atoms with Gasteiger partial charge in [-0.05, 0) is 74.3 Å². The molecular formula is C30H38N4O3. The highest BCUT2D eigenvalue weighted by molar-refractivity contribution is 5.97. The second-order valence-corrected chi connectivity index (χ2v) is 11.1. The van der Waals surface area contributed by atoms with Gasteiger partial charge in [0.05, 0.1) is 11.0 Å². The fourth-order valence-corrected chi connectivity index (χ4v) is 5.62. The summed E-state index contributed by atoms with van der Waals surface area (Å²) in [5.74, 6) is 2.03. The Labute approximate surface area is 219 Å². The quantitative estimate of drug-likeness (QED) is 0.503. The summed E-state index contributed by atoms with van der Waals surface area (Å²) in [6.07, 6.45) is 5.37. The van der Waals surface area contributed by atoms with Gasteiger partial charge >= 0.3 is 0 Å². The van der Waals surface area contributed by atoms with Crippen LogP contribution in [-0.4, -0.2) is 52.4 Å². The van der Waals surface area contributed by atoms with Crippen LogP contribution in [0.1, 0.15) is 80.5 Å². The fraction of sp³-hybridized carbons (Fsp3) is 0.500. The van der Waals surface area contributed by atoms with Crippen molar-refractivity contribution in [2.24, 2.45) is 5.41 Å². The number of rotatable bonds is 2. The van der Waals surface area contributed by atoms with E-state index in [-0.39, 0.29) is 17.2 Å². The van der Waals surface area contributed by atoms with Crippen LogP contribution in [0.5, 0.6) is 5.75 Å². The second kappa shape index (κ2) is 10.6. The number of amides is 2. The van der Waals surface area contributed by atoms with Crippen molar-refractivity contribution in [2.75, 3.05) is 19.6 Å². The van der Waals surface area contributed by atoms with Crippen LogP contribution in [-0.2, 0) is 11.2 Å². The Bertz CT molecular complexity index is 1270. The van der Waals surface area contributed by atoms with Gasteiger partial charge in [-0.15, -0.1) is 0 Å². The van der Waals surface area contributed by atoms with Crippen LogP contribution in [0.25, 0.3) is 11.0 Å². The van der Waals surface area contributed by atoms with Gasteiger partial charge in [0.1, 0.15) is 11.6 Å². The van der Waals surface area contributed by atoms with Gasteiger partial charge in [-0.2, -0.15) is 0 Å². The number of carbonyl (C=O) groups excluding carboxylic acids is 2. The molecule has 0 bridgehead atoms. The molecule has 0 radical (unpaired) electrons. The van der Waals surface area contributed by atoms with Crippen molar-refractivity contribution in [3.8, 4) is 5.75 Å². The molecule has 2 aromatic carbocycles. The Balaban J connectivity index is 1.26. The van der Waals surface area contributed by atoms with E-state index in [4.69, 9.17) is 4.74 Å². The highest BCUT2D eigenvalue weighted by Crippen LogP contribution is 2.37. The van der Waals surface area contributed by atoms with E-state index in [1.54, 1.807) is 0 Å². The van der Waals surface area contributed by atoms with E-state index >= 15 is 0 Å². The maximum atomic E-state index is 13.4. The smallest absolute Gasteiger partial charge is 0.260 e. The van der Waals surface area contributed by atoms with E-state index in [9.17, 15) is 9.59 Å². The van der Waals surface area contributed by atoms with Crippen molar-refractivity contribution in [1.29, 1.82) is 0 Å². The number of aromatic nitrogens is 2. The Morgan fingerprint density at radius 2 is 1.89 bits per heavy atom. The molecule has 7 heteroatoms. The van der Waals surface area contributed by atoms with Crippen LogP contribution in [0.3, 0.4) is 0 Å². The third-order valence-corrected chi connectivity index (χ3v) is 8.09. The number of aryl methyl sites for hydroxylation is 1. The molecule has 7 nitrogen and oxygen atoms in total. The van der Waals surface area contributed by atoms with Gasteiger partial charge in [0.25, 0.3) is 11.8 Å². The zero-order valence-corrected chi connectivity index (χ0v) is 22.2.